The lowest BCUT2D eigenvalue weighted by atomic mass is 9.74. The van der Waals surface area contributed by atoms with Gasteiger partial charge in [-0.15, -0.1) is 0 Å². The number of aliphatic carboxylic acids is 1. The molecule has 178 valence electrons. The molecule has 0 saturated heterocycles. The molecule has 1 fully saturated rings. The van der Waals surface area contributed by atoms with Gasteiger partial charge in [0.15, 0.2) is 0 Å². The van der Waals surface area contributed by atoms with Gasteiger partial charge in [-0.05, 0) is 56.0 Å². The molecule has 3 rings (SSSR count). The van der Waals surface area contributed by atoms with Crippen molar-refractivity contribution in [3.8, 4) is 5.75 Å². The number of para-hydroxylation sites is 1. The van der Waals surface area contributed by atoms with Crippen LogP contribution in [-0.2, 0) is 27.2 Å². The summed E-state index contributed by atoms with van der Waals surface area (Å²) in [5.41, 5.74) is 2.38. The van der Waals surface area contributed by atoms with Gasteiger partial charge in [0.25, 0.3) is 0 Å². The summed E-state index contributed by atoms with van der Waals surface area (Å²) < 4.78 is 12.0. The van der Waals surface area contributed by atoms with E-state index in [1.165, 1.54) is 5.56 Å². The highest BCUT2D eigenvalue weighted by molar-refractivity contribution is 5.83. The predicted octanol–water partition coefficient (Wildman–Crippen LogP) is 4.22. The van der Waals surface area contributed by atoms with Gasteiger partial charge in [-0.3, -0.25) is 9.59 Å². The second-order valence-electron chi connectivity index (χ2n) is 8.58. The van der Waals surface area contributed by atoms with Gasteiger partial charge in [0, 0.05) is 6.54 Å². The average molecular weight is 454 g/mol. The van der Waals surface area contributed by atoms with Gasteiger partial charge in [-0.2, -0.15) is 0 Å². The van der Waals surface area contributed by atoms with Crippen LogP contribution in [-0.4, -0.2) is 54.3 Å². The van der Waals surface area contributed by atoms with Crippen LogP contribution in [0.2, 0.25) is 0 Å². The number of carbonyl (C=O) groups excluding carboxylic acids is 1. The number of ether oxygens (including phenoxy) is 2. The number of esters is 1. The van der Waals surface area contributed by atoms with Crippen LogP contribution in [0.4, 0.5) is 0 Å². The van der Waals surface area contributed by atoms with Crippen molar-refractivity contribution in [2.24, 2.45) is 11.8 Å². The fourth-order valence-electron chi connectivity index (χ4n) is 4.18. The van der Waals surface area contributed by atoms with Crippen molar-refractivity contribution >= 4 is 11.9 Å². The van der Waals surface area contributed by atoms with Crippen molar-refractivity contribution < 1.29 is 24.2 Å². The zero-order valence-corrected chi connectivity index (χ0v) is 19.6. The van der Waals surface area contributed by atoms with Crippen LogP contribution >= 0.6 is 0 Å². The third-order valence-electron chi connectivity index (χ3n) is 6.46. The minimum atomic E-state index is -0.924. The maximum absolute atomic E-state index is 12.7. The number of benzene rings is 2. The molecule has 0 aromatic heterocycles. The van der Waals surface area contributed by atoms with Gasteiger partial charge in [-0.25, -0.2) is 0 Å². The second kappa shape index (κ2) is 12.4. The number of hydrogen-bond donors (Lipinski definition) is 1. The van der Waals surface area contributed by atoms with Crippen molar-refractivity contribution in [1.82, 2.24) is 4.90 Å². The van der Waals surface area contributed by atoms with Crippen LogP contribution in [0.15, 0.2) is 54.6 Å². The molecule has 33 heavy (non-hydrogen) atoms. The first-order valence-electron chi connectivity index (χ1n) is 11.9. The topological polar surface area (TPSA) is 76.1 Å². The smallest absolute Gasteiger partial charge is 0.310 e. The molecule has 0 heterocycles. The molecule has 3 atom stereocenters. The standard InChI is InChI=1S/C27H35NO5/c1-3-28(4-2)18-22(33-27(31)24-17-16-23(24)26(29)30)19-32-25-13-9-8-12-21(25)15-14-20-10-6-5-7-11-20/h5-13,22-24H,3-4,14-19H2,1-2H3,(H,29,30). The van der Waals surface area contributed by atoms with E-state index < -0.39 is 29.9 Å². The lowest BCUT2D eigenvalue weighted by Crippen LogP contribution is -2.44. The summed E-state index contributed by atoms with van der Waals surface area (Å²) in [5.74, 6) is -1.74. The molecule has 0 bridgehead atoms. The Hall–Kier alpha value is -2.86. The lowest BCUT2D eigenvalue weighted by molar-refractivity contribution is -0.169. The summed E-state index contributed by atoms with van der Waals surface area (Å²) in [4.78, 5) is 26.2. The molecular weight excluding hydrogens is 418 g/mol. The Balaban J connectivity index is 1.63. The van der Waals surface area contributed by atoms with Crippen LogP contribution in [0.1, 0.15) is 37.8 Å². The molecule has 0 radical (unpaired) electrons. The zero-order valence-electron chi connectivity index (χ0n) is 19.6. The Kier molecular flexibility index (Phi) is 9.31. The van der Waals surface area contributed by atoms with Gasteiger partial charge in [0.1, 0.15) is 18.5 Å². The van der Waals surface area contributed by atoms with Crippen LogP contribution in [0.3, 0.4) is 0 Å². The summed E-state index contributed by atoms with van der Waals surface area (Å²) in [6.45, 7) is 6.58. The quantitative estimate of drug-likeness (QED) is 0.458. The molecule has 1 N–H and O–H groups in total. The molecule has 6 heteroatoms. The summed E-state index contributed by atoms with van der Waals surface area (Å²) in [6, 6.07) is 18.3. The van der Waals surface area contributed by atoms with Gasteiger partial charge < -0.3 is 19.5 Å². The van der Waals surface area contributed by atoms with E-state index in [9.17, 15) is 14.7 Å². The van der Waals surface area contributed by atoms with Crippen molar-refractivity contribution in [1.29, 1.82) is 0 Å². The molecule has 0 amide bonds. The van der Waals surface area contributed by atoms with E-state index >= 15 is 0 Å². The van der Waals surface area contributed by atoms with E-state index in [2.05, 4.69) is 36.9 Å². The molecule has 2 aromatic carbocycles. The summed E-state index contributed by atoms with van der Waals surface area (Å²) >= 11 is 0. The Morgan fingerprint density at radius 1 is 0.970 bits per heavy atom. The maximum Gasteiger partial charge on any atom is 0.310 e. The molecule has 1 saturated carbocycles. The van der Waals surface area contributed by atoms with Crippen LogP contribution in [0.5, 0.6) is 5.75 Å². The SMILES string of the molecule is CCN(CC)CC(COc1ccccc1CCc1ccccc1)OC(=O)C1CCC1C(=O)O. The largest absolute Gasteiger partial charge is 0.489 e. The number of likely N-dealkylation sites (N-methyl/N-ethyl adjacent to an activating group) is 1. The average Bonchev–Trinajstić information content (AvgIpc) is 2.79. The molecule has 0 spiro atoms. The molecule has 1 aliphatic rings. The number of hydrogen-bond acceptors (Lipinski definition) is 5. The highest BCUT2D eigenvalue weighted by atomic mass is 16.6. The first kappa shape index (κ1) is 24.8. The van der Waals surface area contributed by atoms with Crippen LogP contribution < -0.4 is 4.74 Å². The molecule has 3 unspecified atom stereocenters. The second-order valence-corrected chi connectivity index (χ2v) is 8.58. The Labute approximate surface area is 196 Å². The first-order chi connectivity index (χ1) is 16.0. The summed E-state index contributed by atoms with van der Waals surface area (Å²) in [6.07, 6.45) is 2.40. The van der Waals surface area contributed by atoms with E-state index in [0.717, 1.165) is 37.2 Å². The number of nitrogens with zero attached hydrogens (tertiary/aromatic N) is 1. The number of rotatable bonds is 13. The first-order valence-corrected chi connectivity index (χ1v) is 11.9. The Bertz CT molecular complexity index is 896. The van der Waals surface area contributed by atoms with Crippen molar-refractivity contribution in [2.75, 3.05) is 26.2 Å². The molecule has 6 nitrogen and oxygen atoms in total. The monoisotopic (exact) mass is 453 g/mol. The fraction of sp³-hybridized carbons (Fsp3) is 0.481. The third-order valence-corrected chi connectivity index (χ3v) is 6.46. The third kappa shape index (κ3) is 7.06. The molecule has 0 aliphatic heterocycles. The highest BCUT2D eigenvalue weighted by Gasteiger charge is 2.43. The number of carboxylic acids is 1. The number of carboxylic acid groups (broad SMARTS) is 1. The predicted molar refractivity (Wildman–Crippen MR) is 127 cm³/mol. The van der Waals surface area contributed by atoms with E-state index in [-0.39, 0.29) is 6.61 Å². The zero-order chi connectivity index (χ0) is 23.6. The molecular formula is C27H35NO5. The Morgan fingerprint density at radius 2 is 1.64 bits per heavy atom. The van der Waals surface area contributed by atoms with Gasteiger partial charge in [-0.1, -0.05) is 62.4 Å². The lowest BCUT2D eigenvalue weighted by Gasteiger charge is -2.33. The summed E-state index contributed by atoms with van der Waals surface area (Å²) in [5, 5.41) is 9.28. The van der Waals surface area contributed by atoms with Crippen molar-refractivity contribution in [2.45, 2.75) is 45.6 Å². The number of aryl methyl sites for hydroxylation is 2. The van der Waals surface area contributed by atoms with Crippen LogP contribution in [0, 0.1) is 11.8 Å². The van der Waals surface area contributed by atoms with Gasteiger partial charge >= 0.3 is 11.9 Å². The van der Waals surface area contributed by atoms with E-state index in [1.54, 1.807) is 0 Å². The van der Waals surface area contributed by atoms with Gasteiger partial charge in [0.05, 0.1) is 11.8 Å². The van der Waals surface area contributed by atoms with E-state index in [4.69, 9.17) is 9.47 Å². The fourth-order valence-corrected chi connectivity index (χ4v) is 4.18. The van der Waals surface area contributed by atoms with Crippen molar-refractivity contribution in [3.05, 3.63) is 65.7 Å². The molecule has 2 aromatic rings. The maximum atomic E-state index is 12.7. The molecule has 1 aliphatic carbocycles. The van der Waals surface area contributed by atoms with Crippen molar-refractivity contribution in [3.63, 3.8) is 0 Å². The minimum Gasteiger partial charge on any atom is -0.489 e. The minimum absolute atomic E-state index is 0.231. The highest BCUT2D eigenvalue weighted by Crippen LogP contribution is 2.35. The van der Waals surface area contributed by atoms with E-state index in [0.29, 0.717) is 19.4 Å². The van der Waals surface area contributed by atoms with Crippen LogP contribution in [0.25, 0.3) is 0 Å². The normalized spacial score (nSPS) is 18.4. The number of carbonyl (C=O) groups is 2. The Morgan fingerprint density at radius 3 is 2.27 bits per heavy atom. The van der Waals surface area contributed by atoms with Gasteiger partial charge in [0.2, 0.25) is 0 Å². The van der Waals surface area contributed by atoms with E-state index in [1.807, 2.05) is 36.4 Å². The summed E-state index contributed by atoms with van der Waals surface area (Å²) in [7, 11) is 0.